The molecule has 120 valence electrons. The molecule has 3 rings (SSSR count). The molecule has 0 atom stereocenters. The van der Waals surface area contributed by atoms with Crippen LogP contribution >= 0.6 is 11.6 Å². The van der Waals surface area contributed by atoms with Gasteiger partial charge in [0.1, 0.15) is 11.6 Å². The highest BCUT2D eigenvalue weighted by Crippen LogP contribution is 2.41. The van der Waals surface area contributed by atoms with Crippen LogP contribution in [0, 0.1) is 6.92 Å². The molecular weight excluding hydrogens is 314 g/mol. The molecule has 0 saturated heterocycles. The maximum Gasteiger partial charge on any atom is 0.276 e. The number of halogens is 1. The molecule has 5 nitrogen and oxygen atoms in total. The normalized spacial score (nSPS) is 13.6. The molecule has 1 aromatic carbocycles. The highest BCUT2D eigenvalue weighted by Gasteiger charge is 2.34. The first-order valence-electron chi connectivity index (χ1n) is 7.58. The number of alkyl halides is 1. The summed E-state index contributed by atoms with van der Waals surface area (Å²) in [5, 5.41) is 0. The molecule has 0 fully saturated rings. The number of fused-ring (bicyclic) bond motifs is 2. The van der Waals surface area contributed by atoms with E-state index in [4.69, 9.17) is 11.6 Å². The maximum absolute atomic E-state index is 13.0. The molecule has 0 spiro atoms. The van der Waals surface area contributed by atoms with Gasteiger partial charge in [-0.3, -0.25) is 14.5 Å². The van der Waals surface area contributed by atoms with E-state index in [1.165, 1.54) is 4.90 Å². The van der Waals surface area contributed by atoms with E-state index in [1.807, 2.05) is 44.2 Å². The topological polar surface area (TPSA) is 56.4 Å². The largest absolute Gasteiger partial charge is 0.353 e. The number of hydrogen-bond donors (Lipinski definition) is 1. The number of aromatic nitrogens is 1. The third kappa shape index (κ3) is 2.51. The lowest BCUT2D eigenvalue weighted by molar-refractivity contribution is -0.115. The molecule has 0 unspecified atom stereocenters. The Balaban J connectivity index is 2.30. The number of aryl methyl sites for hydroxylation is 1. The summed E-state index contributed by atoms with van der Waals surface area (Å²) in [5.41, 5.74) is 3.21. The number of nitrogens with zero attached hydrogens (tertiary/aromatic N) is 2. The summed E-state index contributed by atoms with van der Waals surface area (Å²) in [6.45, 7) is 4.46. The molecular formula is C17H18ClN3O2. The SMILES string of the molecule is CCCN1C(=O)c2[nH]c(C)cc2N(C(=O)CCl)c2ccccc21. The fourth-order valence-corrected chi connectivity index (χ4v) is 3.06. The minimum absolute atomic E-state index is 0.132. The van der Waals surface area contributed by atoms with Gasteiger partial charge in [-0.2, -0.15) is 0 Å². The lowest BCUT2D eigenvalue weighted by Gasteiger charge is -2.25. The van der Waals surface area contributed by atoms with Crippen molar-refractivity contribution in [2.45, 2.75) is 20.3 Å². The van der Waals surface area contributed by atoms with E-state index in [1.54, 1.807) is 4.90 Å². The zero-order chi connectivity index (χ0) is 16.6. The molecule has 0 bridgehead atoms. The second kappa shape index (κ2) is 6.08. The van der Waals surface area contributed by atoms with Crippen molar-refractivity contribution in [1.29, 1.82) is 0 Å². The van der Waals surface area contributed by atoms with Crippen LogP contribution < -0.4 is 9.80 Å². The zero-order valence-corrected chi connectivity index (χ0v) is 13.9. The van der Waals surface area contributed by atoms with Gasteiger partial charge < -0.3 is 9.88 Å². The molecule has 1 aliphatic rings. The number of para-hydroxylation sites is 2. The first-order chi connectivity index (χ1) is 11.1. The second-order valence-corrected chi connectivity index (χ2v) is 5.79. The van der Waals surface area contributed by atoms with Gasteiger partial charge in [0.25, 0.3) is 5.91 Å². The fourth-order valence-electron chi connectivity index (χ4n) is 2.94. The summed E-state index contributed by atoms with van der Waals surface area (Å²) < 4.78 is 0. The average Bonchev–Trinajstić information content (AvgIpc) is 2.90. The molecule has 0 aliphatic carbocycles. The van der Waals surface area contributed by atoms with Gasteiger partial charge in [-0.1, -0.05) is 19.1 Å². The Kier molecular flexibility index (Phi) is 4.13. The average molecular weight is 332 g/mol. The monoisotopic (exact) mass is 331 g/mol. The number of carbonyl (C=O) groups is 2. The van der Waals surface area contributed by atoms with Crippen LogP contribution in [0.2, 0.25) is 0 Å². The summed E-state index contributed by atoms with van der Waals surface area (Å²) in [6.07, 6.45) is 0.818. The molecule has 23 heavy (non-hydrogen) atoms. The molecule has 0 saturated carbocycles. The van der Waals surface area contributed by atoms with Crippen molar-refractivity contribution >= 4 is 40.5 Å². The first-order valence-corrected chi connectivity index (χ1v) is 8.11. The third-order valence-corrected chi connectivity index (χ3v) is 4.08. The van der Waals surface area contributed by atoms with Crippen molar-refractivity contribution in [1.82, 2.24) is 4.98 Å². The Morgan fingerprint density at radius 3 is 2.57 bits per heavy atom. The number of aromatic amines is 1. The molecule has 2 heterocycles. The van der Waals surface area contributed by atoms with Crippen LogP contribution in [-0.2, 0) is 4.79 Å². The quantitative estimate of drug-likeness (QED) is 0.874. The Morgan fingerprint density at radius 1 is 1.22 bits per heavy atom. The zero-order valence-electron chi connectivity index (χ0n) is 13.1. The van der Waals surface area contributed by atoms with Crippen LogP contribution in [0.25, 0.3) is 0 Å². The van der Waals surface area contributed by atoms with Crippen molar-refractivity contribution in [3.8, 4) is 0 Å². The van der Waals surface area contributed by atoms with Gasteiger partial charge in [0, 0.05) is 12.2 Å². The summed E-state index contributed by atoms with van der Waals surface area (Å²) >= 11 is 5.81. The van der Waals surface area contributed by atoms with Gasteiger partial charge in [-0.25, -0.2) is 0 Å². The standard InChI is InChI=1S/C17H18ClN3O2/c1-3-8-20-12-6-4-5-7-13(12)21(15(22)10-18)14-9-11(2)19-16(14)17(20)23/h4-7,9,19H,3,8,10H2,1-2H3. The van der Waals surface area contributed by atoms with Gasteiger partial charge >= 0.3 is 0 Å². The van der Waals surface area contributed by atoms with Gasteiger partial charge in [0.2, 0.25) is 5.91 Å². The molecule has 1 N–H and O–H groups in total. The molecule has 1 aliphatic heterocycles. The molecule has 6 heteroatoms. The lowest BCUT2D eigenvalue weighted by Crippen LogP contribution is -2.31. The minimum Gasteiger partial charge on any atom is -0.353 e. The van der Waals surface area contributed by atoms with Crippen molar-refractivity contribution < 1.29 is 9.59 Å². The molecule has 1 aromatic heterocycles. The van der Waals surface area contributed by atoms with Gasteiger partial charge in [-0.15, -0.1) is 11.6 Å². The van der Waals surface area contributed by atoms with Crippen LogP contribution in [0.4, 0.5) is 17.1 Å². The predicted octanol–water partition coefficient (Wildman–Crippen LogP) is 3.60. The van der Waals surface area contributed by atoms with E-state index < -0.39 is 0 Å². The first kappa shape index (κ1) is 15.6. The number of benzene rings is 1. The number of amides is 2. The fraction of sp³-hybridized carbons (Fsp3) is 0.294. The summed E-state index contributed by atoms with van der Waals surface area (Å²) in [6, 6.07) is 9.22. The Labute approximate surface area is 139 Å². The highest BCUT2D eigenvalue weighted by atomic mass is 35.5. The van der Waals surface area contributed by atoms with Gasteiger partial charge in [0.05, 0.1) is 17.1 Å². The smallest absolute Gasteiger partial charge is 0.276 e. The van der Waals surface area contributed by atoms with Crippen molar-refractivity contribution in [2.24, 2.45) is 0 Å². The van der Waals surface area contributed by atoms with E-state index in [0.29, 0.717) is 23.6 Å². The van der Waals surface area contributed by atoms with Crippen molar-refractivity contribution in [3.05, 3.63) is 41.7 Å². The number of rotatable bonds is 3. The maximum atomic E-state index is 13.0. The molecule has 2 amide bonds. The van der Waals surface area contributed by atoms with Gasteiger partial charge in [-0.05, 0) is 31.5 Å². The highest BCUT2D eigenvalue weighted by molar-refractivity contribution is 6.31. The molecule has 2 aromatic rings. The Morgan fingerprint density at radius 2 is 1.91 bits per heavy atom. The van der Waals surface area contributed by atoms with Crippen molar-refractivity contribution in [2.75, 3.05) is 22.2 Å². The Bertz CT molecular complexity index is 769. The summed E-state index contributed by atoms with van der Waals surface area (Å²) in [4.78, 5) is 31.8. The lowest BCUT2D eigenvalue weighted by atomic mass is 10.2. The summed E-state index contributed by atoms with van der Waals surface area (Å²) in [5.74, 6) is -0.544. The van der Waals surface area contributed by atoms with E-state index in [0.717, 1.165) is 17.8 Å². The van der Waals surface area contributed by atoms with Gasteiger partial charge in [0.15, 0.2) is 0 Å². The second-order valence-electron chi connectivity index (χ2n) is 5.52. The summed E-state index contributed by atoms with van der Waals surface area (Å²) in [7, 11) is 0. The third-order valence-electron chi connectivity index (χ3n) is 3.86. The van der Waals surface area contributed by atoms with Crippen LogP contribution in [0.5, 0.6) is 0 Å². The Hall–Kier alpha value is -2.27. The number of hydrogen-bond acceptors (Lipinski definition) is 2. The van der Waals surface area contributed by atoms with Crippen LogP contribution in [0.1, 0.15) is 29.5 Å². The minimum atomic E-state index is -0.259. The van der Waals surface area contributed by atoms with Crippen LogP contribution in [-0.4, -0.2) is 29.2 Å². The van der Waals surface area contributed by atoms with E-state index in [2.05, 4.69) is 4.98 Å². The number of nitrogens with one attached hydrogen (secondary N) is 1. The van der Waals surface area contributed by atoms with Crippen LogP contribution in [0.15, 0.2) is 30.3 Å². The van der Waals surface area contributed by atoms with Crippen LogP contribution in [0.3, 0.4) is 0 Å². The number of H-pyrrole nitrogens is 1. The number of anilines is 3. The molecule has 0 radical (unpaired) electrons. The predicted molar refractivity (Wildman–Crippen MR) is 91.8 cm³/mol. The van der Waals surface area contributed by atoms with Crippen molar-refractivity contribution in [3.63, 3.8) is 0 Å². The van der Waals surface area contributed by atoms with E-state index >= 15 is 0 Å². The number of carbonyl (C=O) groups excluding carboxylic acids is 2. The van der Waals surface area contributed by atoms with E-state index in [9.17, 15) is 9.59 Å². The van der Waals surface area contributed by atoms with E-state index in [-0.39, 0.29) is 17.7 Å².